The Bertz CT molecular complexity index is 306. The molecule has 0 spiro atoms. The van der Waals surface area contributed by atoms with E-state index in [9.17, 15) is 4.79 Å². The van der Waals surface area contributed by atoms with Gasteiger partial charge in [-0.3, -0.25) is 4.79 Å². The molecule has 0 heterocycles. The zero-order valence-corrected chi connectivity index (χ0v) is 10.1. The van der Waals surface area contributed by atoms with Crippen LogP contribution >= 0.6 is 0 Å². The molecule has 16 heavy (non-hydrogen) atoms. The smallest absolute Gasteiger partial charge is 0.313 e. The molecule has 2 nitrogen and oxygen atoms in total. The highest BCUT2D eigenvalue weighted by Crippen LogP contribution is 2.20. The first-order chi connectivity index (χ1) is 7.79. The molecular weight excluding hydrogens is 200 g/mol. The Balaban J connectivity index is 2.57. The number of benzene rings is 1. The van der Waals surface area contributed by atoms with Crippen molar-refractivity contribution in [3.05, 3.63) is 35.9 Å². The first-order valence-electron chi connectivity index (χ1n) is 6.01. The summed E-state index contributed by atoms with van der Waals surface area (Å²) in [6, 6.07) is 9.83. The van der Waals surface area contributed by atoms with E-state index < -0.39 is 0 Å². The van der Waals surface area contributed by atoms with Crippen LogP contribution in [0.2, 0.25) is 0 Å². The number of hydrogen-bond donors (Lipinski definition) is 0. The Morgan fingerprint density at radius 1 is 1.25 bits per heavy atom. The molecule has 0 amide bonds. The Morgan fingerprint density at radius 3 is 2.50 bits per heavy atom. The third kappa shape index (κ3) is 3.69. The lowest BCUT2D eigenvalue weighted by Gasteiger charge is -2.14. The van der Waals surface area contributed by atoms with Gasteiger partial charge in [-0.15, -0.1) is 0 Å². The molecule has 0 aliphatic rings. The average Bonchev–Trinajstić information content (AvgIpc) is 2.32. The fourth-order valence-corrected chi connectivity index (χ4v) is 1.64. The minimum atomic E-state index is -0.113. The van der Waals surface area contributed by atoms with Gasteiger partial charge in [-0.05, 0) is 18.4 Å². The second-order valence-electron chi connectivity index (χ2n) is 3.89. The van der Waals surface area contributed by atoms with Gasteiger partial charge in [0.2, 0.25) is 0 Å². The largest absolute Gasteiger partial charge is 0.465 e. The highest BCUT2D eigenvalue weighted by molar-refractivity contribution is 5.78. The summed E-state index contributed by atoms with van der Waals surface area (Å²) in [5.74, 6) is -0.208. The quantitative estimate of drug-likeness (QED) is 0.541. The second kappa shape index (κ2) is 7.04. The molecule has 0 N–H and O–H groups in total. The van der Waals surface area contributed by atoms with Crippen LogP contribution in [-0.2, 0) is 9.53 Å². The number of carbonyl (C=O) groups is 1. The molecule has 0 fully saturated rings. The van der Waals surface area contributed by atoms with Gasteiger partial charge in [-0.2, -0.15) is 0 Å². The zero-order valence-electron chi connectivity index (χ0n) is 10.1. The fourth-order valence-electron chi connectivity index (χ4n) is 1.64. The standard InChI is InChI=1S/C14H20O2/c1-3-5-11-16-14(15)13(4-2)12-9-7-6-8-10-12/h6-10,13H,3-5,11H2,1-2H3/t13-/m0/s1. The van der Waals surface area contributed by atoms with Gasteiger partial charge < -0.3 is 4.74 Å². The summed E-state index contributed by atoms with van der Waals surface area (Å²) in [7, 11) is 0. The van der Waals surface area contributed by atoms with Gasteiger partial charge in [0.15, 0.2) is 0 Å². The van der Waals surface area contributed by atoms with Gasteiger partial charge in [0.25, 0.3) is 0 Å². The second-order valence-corrected chi connectivity index (χ2v) is 3.89. The van der Waals surface area contributed by atoms with Crippen LogP contribution in [0.4, 0.5) is 0 Å². The van der Waals surface area contributed by atoms with Crippen molar-refractivity contribution in [2.24, 2.45) is 0 Å². The van der Waals surface area contributed by atoms with Gasteiger partial charge in [-0.25, -0.2) is 0 Å². The lowest BCUT2D eigenvalue weighted by atomic mass is 9.97. The highest BCUT2D eigenvalue weighted by atomic mass is 16.5. The maximum absolute atomic E-state index is 11.8. The molecule has 0 aromatic heterocycles. The molecule has 0 unspecified atom stereocenters. The average molecular weight is 220 g/mol. The number of hydrogen-bond acceptors (Lipinski definition) is 2. The third-order valence-corrected chi connectivity index (χ3v) is 2.64. The van der Waals surface area contributed by atoms with Crippen LogP contribution in [0, 0.1) is 0 Å². The monoisotopic (exact) mass is 220 g/mol. The Kier molecular flexibility index (Phi) is 5.62. The molecule has 0 saturated carbocycles. The van der Waals surface area contributed by atoms with Gasteiger partial charge in [0.1, 0.15) is 0 Å². The van der Waals surface area contributed by atoms with Crippen LogP contribution in [0.25, 0.3) is 0 Å². The van der Waals surface area contributed by atoms with Crippen molar-refractivity contribution in [1.29, 1.82) is 0 Å². The summed E-state index contributed by atoms with van der Waals surface area (Å²) < 4.78 is 5.25. The van der Waals surface area contributed by atoms with Gasteiger partial charge in [-0.1, -0.05) is 50.6 Å². The molecular formula is C14H20O2. The fraction of sp³-hybridized carbons (Fsp3) is 0.500. The number of carbonyl (C=O) groups excluding carboxylic acids is 1. The Labute approximate surface area is 97.6 Å². The summed E-state index contributed by atoms with van der Waals surface area (Å²) >= 11 is 0. The van der Waals surface area contributed by atoms with E-state index in [1.54, 1.807) is 0 Å². The van der Waals surface area contributed by atoms with Crippen LogP contribution in [0.1, 0.15) is 44.6 Å². The molecule has 0 saturated heterocycles. The number of unbranched alkanes of at least 4 members (excludes halogenated alkanes) is 1. The van der Waals surface area contributed by atoms with Crippen molar-refractivity contribution in [2.75, 3.05) is 6.61 Å². The zero-order chi connectivity index (χ0) is 11.8. The van der Waals surface area contributed by atoms with E-state index in [4.69, 9.17) is 4.74 Å². The van der Waals surface area contributed by atoms with Gasteiger partial charge in [0.05, 0.1) is 12.5 Å². The first kappa shape index (κ1) is 12.8. The number of rotatable bonds is 6. The van der Waals surface area contributed by atoms with Crippen LogP contribution in [0.15, 0.2) is 30.3 Å². The number of ether oxygens (including phenoxy) is 1. The predicted molar refractivity (Wildman–Crippen MR) is 65.3 cm³/mol. The minimum Gasteiger partial charge on any atom is -0.465 e. The molecule has 0 aliphatic carbocycles. The van der Waals surface area contributed by atoms with Crippen molar-refractivity contribution in [3.8, 4) is 0 Å². The van der Waals surface area contributed by atoms with Crippen molar-refractivity contribution < 1.29 is 9.53 Å². The Hall–Kier alpha value is -1.31. The summed E-state index contributed by atoms with van der Waals surface area (Å²) in [6.07, 6.45) is 2.78. The van der Waals surface area contributed by atoms with Gasteiger partial charge >= 0.3 is 5.97 Å². The molecule has 0 bridgehead atoms. The Morgan fingerprint density at radius 2 is 1.94 bits per heavy atom. The molecule has 88 valence electrons. The van der Waals surface area contributed by atoms with E-state index in [0.717, 1.165) is 24.8 Å². The summed E-state index contributed by atoms with van der Waals surface area (Å²) in [6.45, 7) is 4.64. The molecule has 1 aromatic rings. The normalized spacial score (nSPS) is 12.1. The van der Waals surface area contributed by atoms with E-state index in [2.05, 4.69) is 6.92 Å². The molecule has 1 rings (SSSR count). The SMILES string of the molecule is CCCCOC(=O)[C@@H](CC)c1ccccc1. The van der Waals surface area contributed by atoms with Crippen LogP contribution in [0.5, 0.6) is 0 Å². The van der Waals surface area contributed by atoms with E-state index in [0.29, 0.717) is 6.61 Å². The van der Waals surface area contributed by atoms with E-state index in [-0.39, 0.29) is 11.9 Å². The van der Waals surface area contributed by atoms with Crippen LogP contribution in [0.3, 0.4) is 0 Å². The lowest BCUT2D eigenvalue weighted by molar-refractivity contribution is -0.145. The predicted octanol–water partition coefficient (Wildman–Crippen LogP) is 3.52. The van der Waals surface area contributed by atoms with Gasteiger partial charge in [0, 0.05) is 0 Å². The first-order valence-corrected chi connectivity index (χ1v) is 6.01. The molecule has 0 radical (unpaired) electrons. The van der Waals surface area contributed by atoms with E-state index in [1.165, 1.54) is 0 Å². The van der Waals surface area contributed by atoms with Crippen molar-refractivity contribution in [3.63, 3.8) is 0 Å². The summed E-state index contributed by atoms with van der Waals surface area (Å²) in [5, 5.41) is 0. The highest BCUT2D eigenvalue weighted by Gasteiger charge is 2.19. The van der Waals surface area contributed by atoms with Crippen molar-refractivity contribution >= 4 is 5.97 Å². The van der Waals surface area contributed by atoms with Crippen LogP contribution in [-0.4, -0.2) is 12.6 Å². The lowest BCUT2D eigenvalue weighted by Crippen LogP contribution is -2.16. The van der Waals surface area contributed by atoms with E-state index in [1.807, 2.05) is 37.3 Å². The molecule has 2 heteroatoms. The summed E-state index contributed by atoms with van der Waals surface area (Å²) in [5.41, 5.74) is 1.05. The van der Waals surface area contributed by atoms with E-state index >= 15 is 0 Å². The maximum Gasteiger partial charge on any atom is 0.313 e. The molecule has 1 aromatic carbocycles. The topological polar surface area (TPSA) is 26.3 Å². The molecule has 0 aliphatic heterocycles. The van der Waals surface area contributed by atoms with Crippen molar-refractivity contribution in [2.45, 2.75) is 39.0 Å². The van der Waals surface area contributed by atoms with Crippen molar-refractivity contribution in [1.82, 2.24) is 0 Å². The third-order valence-electron chi connectivity index (χ3n) is 2.64. The van der Waals surface area contributed by atoms with Crippen LogP contribution < -0.4 is 0 Å². The maximum atomic E-state index is 11.8. The molecule has 1 atom stereocenters. The number of esters is 1. The summed E-state index contributed by atoms with van der Waals surface area (Å²) in [4.78, 5) is 11.8. The minimum absolute atomic E-state index is 0.0952.